The molecule has 29 heavy (non-hydrogen) atoms. The first kappa shape index (κ1) is 20.7. The lowest BCUT2D eigenvalue weighted by atomic mass is 10.2. The van der Waals surface area contributed by atoms with E-state index < -0.39 is 12.1 Å². The van der Waals surface area contributed by atoms with Crippen LogP contribution in [0.25, 0.3) is 0 Å². The van der Waals surface area contributed by atoms with Crippen molar-refractivity contribution in [2.75, 3.05) is 20.3 Å². The number of carbonyl (C=O) groups excluding carboxylic acids is 2. The molecule has 0 aliphatic carbocycles. The Balaban J connectivity index is 1.46. The molecule has 0 aromatic heterocycles. The minimum atomic E-state index is -0.546. The number of carbonyl (C=O) groups is 2. The minimum Gasteiger partial charge on any atom is -0.493 e. The van der Waals surface area contributed by atoms with E-state index in [-0.39, 0.29) is 19.1 Å². The number of hydrogen-bond acceptors (Lipinski definition) is 6. The van der Waals surface area contributed by atoms with Crippen LogP contribution in [-0.2, 0) is 32.2 Å². The summed E-state index contributed by atoms with van der Waals surface area (Å²) in [7, 11) is 1.57. The first-order valence-electron chi connectivity index (χ1n) is 9.54. The fourth-order valence-corrected chi connectivity index (χ4v) is 2.92. The van der Waals surface area contributed by atoms with Crippen LogP contribution in [0.1, 0.15) is 24.0 Å². The Bertz CT molecular complexity index is 817. The van der Waals surface area contributed by atoms with Gasteiger partial charge in [0, 0.05) is 13.2 Å². The van der Waals surface area contributed by atoms with Gasteiger partial charge in [-0.05, 0) is 36.1 Å². The van der Waals surface area contributed by atoms with Crippen LogP contribution in [0.3, 0.4) is 0 Å². The summed E-state index contributed by atoms with van der Waals surface area (Å²) < 4.78 is 21.4. The normalized spacial score (nSPS) is 15.6. The van der Waals surface area contributed by atoms with Gasteiger partial charge < -0.3 is 24.3 Å². The number of hydrogen-bond donors (Lipinski definition) is 1. The molecule has 7 heteroatoms. The fourth-order valence-electron chi connectivity index (χ4n) is 2.92. The molecule has 3 rings (SSSR count). The second-order valence-corrected chi connectivity index (χ2v) is 6.65. The zero-order valence-electron chi connectivity index (χ0n) is 16.4. The number of rotatable bonds is 9. The molecule has 1 aliphatic rings. The van der Waals surface area contributed by atoms with Gasteiger partial charge in [-0.1, -0.05) is 36.4 Å². The summed E-state index contributed by atoms with van der Waals surface area (Å²) in [6.07, 6.45) is 0.924. The Morgan fingerprint density at radius 3 is 2.66 bits per heavy atom. The maximum atomic E-state index is 11.9. The van der Waals surface area contributed by atoms with E-state index in [2.05, 4.69) is 5.32 Å². The van der Waals surface area contributed by atoms with Crippen molar-refractivity contribution in [2.24, 2.45) is 0 Å². The first-order valence-corrected chi connectivity index (χ1v) is 9.54. The van der Waals surface area contributed by atoms with Crippen molar-refractivity contribution in [3.05, 3.63) is 59.7 Å². The van der Waals surface area contributed by atoms with Crippen LogP contribution in [0.15, 0.2) is 48.5 Å². The highest BCUT2D eigenvalue weighted by Crippen LogP contribution is 2.28. The monoisotopic (exact) mass is 399 g/mol. The molecule has 1 fully saturated rings. The van der Waals surface area contributed by atoms with Gasteiger partial charge in [-0.15, -0.1) is 0 Å². The number of ether oxygens (including phenoxy) is 4. The Labute approximate surface area is 169 Å². The summed E-state index contributed by atoms with van der Waals surface area (Å²) >= 11 is 0. The molecule has 1 heterocycles. The maximum Gasteiger partial charge on any atom is 0.335 e. The summed E-state index contributed by atoms with van der Waals surface area (Å²) in [6.45, 7) is 0.946. The van der Waals surface area contributed by atoms with Gasteiger partial charge in [-0.2, -0.15) is 0 Å². The first-order chi connectivity index (χ1) is 14.2. The number of methoxy groups -OCH3 is 1. The van der Waals surface area contributed by atoms with E-state index in [0.29, 0.717) is 31.1 Å². The van der Waals surface area contributed by atoms with Gasteiger partial charge >= 0.3 is 5.97 Å². The van der Waals surface area contributed by atoms with E-state index in [1.807, 2.05) is 36.4 Å². The van der Waals surface area contributed by atoms with Gasteiger partial charge in [0.2, 0.25) is 0 Å². The van der Waals surface area contributed by atoms with Crippen molar-refractivity contribution < 1.29 is 28.5 Å². The van der Waals surface area contributed by atoms with Gasteiger partial charge in [0.1, 0.15) is 6.61 Å². The molecule has 1 amide bonds. The predicted octanol–water partition coefficient (Wildman–Crippen LogP) is 2.61. The average Bonchev–Trinajstić information content (AvgIpc) is 3.30. The lowest BCUT2D eigenvalue weighted by Crippen LogP contribution is -2.31. The Morgan fingerprint density at radius 2 is 1.93 bits per heavy atom. The van der Waals surface area contributed by atoms with Crippen molar-refractivity contribution in [1.29, 1.82) is 0 Å². The van der Waals surface area contributed by atoms with Crippen LogP contribution in [-0.4, -0.2) is 38.3 Å². The number of nitrogens with one attached hydrogen (secondary N) is 1. The summed E-state index contributed by atoms with van der Waals surface area (Å²) in [5.41, 5.74) is 1.90. The lowest BCUT2D eigenvalue weighted by Gasteiger charge is -2.13. The molecule has 1 aliphatic heterocycles. The summed E-state index contributed by atoms with van der Waals surface area (Å²) in [6, 6.07) is 15.3. The molecule has 7 nitrogen and oxygen atoms in total. The lowest BCUT2D eigenvalue weighted by molar-refractivity contribution is -0.157. The third kappa shape index (κ3) is 6.22. The minimum absolute atomic E-state index is 0.283. The highest BCUT2D eigenvalue weighted by molar-refractivity contribution is 5.82. The molecule has 0 spiro atoms. The Morgan fingerprint density at radius 1 is 1.10 bits per heavy atom. The molecule has 0 saturated carbocycles. The largest absolute Gasteiger partial charge is 0.493 e. The van der Waals surface area contributed by atoms with Crippen LogP contribution < -0.4 is 14.8 Å². The molecule has 1 N–H and O–H groups in total. The van der Waals surface area contributed by atoms with E-state index in [0.717, 1.165) is 17.5 Å². The fraction of sp³-hybridized carbons (Fsp3) is 0.364. The standard InChI is InChI=1S/C22H25NO6/c1-26-20-12-17(9-10-18(20)28-14-16-6-3-2-4-7-16)13-23-21(24)15-29-22(25)19-8-5-11-27-19/h2-4,6-7,9-10,12,19H,5,8,11,13-15H2,1H3,(H,23,24)/t19-/m0/s1. The maximum absolute atomic E-state index is 11.9. The molecule has 0 radical (unpaired) electrons. The molecular weight excluding hydrogens is 374 g/mol. The van der Waals surface area contributed by atoms with Crippen molar-refractivity contribution in [2.45, 2.75) is 32.1 Å². The highest BCUT2D eigenvalue weighted by Gasteiger charge is 2.25. The van der Waals surface area contributed by atoms with E-state index in [1.54, 1.807) is 19.2 Å². The number of benzene rings is 2. The second kappa shape index (κ2) is 10.5. The van der Waals surface area contributed by atoms with E-state index in [1.165, 1.54) is 0 Å². The van der Waals surface area contributed by atoms with Crippen molar-refractivity contribution in [3.63, 3.8) is 0 Å². The van der Waals surface area contributed by atoms with Gasteiger partial charge in [0.25, 0.3) is 5.91 Å². The zero-order valence-corrected chi connectivity index (χ0v) is 16.4. The Hall–Kier alpha value is -3.06. The van der Waals surface area contributed by atoms with Gasteiger partial charge in [0.15, 0.2) is 24.2 Å². The quantitative estimate of drug-likeness (QED) is 0.653. The van der Waals surface area contributed by atoms with Crippen molar-refractivity contribution in [3.8, 4) is 11.5 Å². The zero-order chi connectivity index (χ0) is 20.5. The molecule has 1 atom stereocenters. The molecule has 0 bridgehead atoms. The Kier molecular flexibility index (Phi) is 7.47. The van der Waals surface area contributed by atoms with Crippen LogP contribution in [0.5, 0.6) is 11.5 Å². The predicted molar refractivity (Wildman–Crippen MR) is 106 cm³/mol. The third-order valence-electron chi connectivity index (χ3n) is 4.49. The molecule has 1 saturated heterocycles. The second-order valence-electron chi connectivity index (χ2n) is 6.65. The summed E-state index contributed by atoms with van der Waals surface area (Å²) in [5.74, 6) is 0.341. The van der Waals surface area contributed by atoms with Gasteiger partial charge in [0.05, 0.1) is 7.11 Å². The average molecular weight is 399 g/mol. The topological polar surface area (TPSA) is 83.1 Å². The van der Waals surface area contributed by atoms with Gasteiger partial charge in [-0.25, -0.2) is 4.79 Å². The molecule has 2 aromatic rings. The van der Waals surface area contributed by atoms with Crippen LogP contribution in [0, 0.1) is 0 Å². The van der Waals surface area contributed by atoms with E-state index >= 15 is 0 Å². The van der Waals surface area contributed by atoms with E-state index in [9.17, 15) is 9.59 Å². The smallest absolute Gasteiger partial charge is 0.335 e. The molecule has 154 valence electrons. The highest BCUT2D eigenvalue weighted by atomic mass is 16.6. The van der Waals surface area contributed by atoms with Crippen LogP contribution in [0.2, 0.25) is 0 Å². The SMILES string of the molecule is COc1cc(CNC(=O)COC(=O)[C@@H]2CCCO2)ccc1OCc1ccccc1. The number of esters is 1. The summed E-state index contributed by atoms with van der Waals surface area (Å²) in [4.78, 5) is 23.7. The van der Waals surface area contributed by atoms with Crippen molar-refractivity contribution in [1.82, 2.24) is 5.32 Å². The summed E-state index contributed by atoms with van der Waals surface area (Å²) in [5, 5.41) is 2.72. The van der Waals surface area contributed by atoms with Crippen LogP contribution in [0.4, 0.5) is 0 Å². The molecule has 0 unspecified atom stereocenters. The van der Waals surface area contributed by atoms with E-state index in [4.69, 9.17) is 18.9 Å². The molecular formula is C22H25NO6. The third-order valence-corrected chi connectivity index (χ3v) is 4.49. The number of amides is 1. The van der Waals surface area contributed by atoms with Crippen LogP contribution >= 0.6 is 0 Å². The van der Waals surface area contributed by atoms with Gasteiger partial charge in [-0.3, -0.25) is 4.79 Å². The molecule has 2 aromatic carbocycles. The van der Waals surface area contributed by atoms with Crippen molar-refractivity contribution >= 4 is 11.9 Å².